The van der Waals surface area contributed by atoms with Crippen molar-refractivity contribution in [3.8, 4) is 5.75 Å². The molecule has 0 aliphatic heterocycles. The summed E-state index contributed by atoms with van der Waals surface area (Å²) in [5, 5.41) is 1.01. The Morgan fingerprint density at radius 3 is 2.50 bits per heavy atom. The second-order valence-corrected chi connectivity index (χ2v) is 4.07. The predicted octanol–water partition coefficient (Wildman–Crippen LogP) is 4.37. The summed E-state index contributed by atoms with van der Waals surface area (Å²) in [7, 11) is 0. The summed E-state index contributed by atoms with van der Waals surface area (Å²) in [6, 6.07) is 16.1. The molecule has 0 heterocycles. The SMILES string of the molecule is Clc1[c]c(OCc2ccccc2)c(Cl)cc1. The van der Waals surface area contributed by atoms with Crippen LogP contribution in [0, 0.1) is 6.07 Å². The normalized spacial score (nSPS) is 10.1. The average molecular weight is 252 g/mol. The van der Waals surface area contributed by atoms with Gasteiger partial charge < -0.3 is 4.74 Å². The van der Waals surface area contributed by atoms with Crippen LogP contribution in [0.3, 0.4) is 0 Å². The summed E-state index contributed by atoms with van der Waals surface area (Å²) < 4.78 is 5.53. The van der Waals surface area contributed by atoms with Crippen molar-refractivity contribution in [2.24, 2.45) is 0 Å². The molecule has 2 rings (SSSR count). The summed E-state index contributed by atoms with van der Waals surface area (Å²) >= 11 is 11.8. The van der Waals surface area contributed by atoms with Gasteiger partial charge in [-0.1, -0.05) is 53.5 Å². The maximum Gasteiger partial charge on any atom is 0.147 e. The van der Waals surface area contributed by atoms with Gasteiger partial charge in [0, 0.05) is 6.07 Å². The highest BCUT2D eigenvalue weighted by atomic mass is 35.5. The molecule has 81 valence electrons. The number of hydrogen-bond donors (Lipinski definition) is 0. The van der Waals surface area contributed by atoms with Crippen LogP contribution in [0.2, 0.25) is 10.0 Å². The number of halogens is 2. The summed E-state index contributed by atoms with van der Waals surface area (Å²) in [6.45, 7) is 0.456. The fourth-order valence-corrected chi connectivity index (χ4v) is 1.58. The molecule has 0 spiro atoms. The largest absolute Gasteiger partial charge is 0.487 e. The second-order valence-electron chi connectivity index (χ2n) is 3.26. The summed E-state index contributed by atoms with van der Waals surface area (Å²) in [6.07, 6.45) is 0. The highest BCUT2D eigenvalue weighted by Gasteiger charge is 2.03. The Hall–Kier alpha value is -1.18. The Morgan fingerprint density at radius 1 is 1.00 bits per heavy atom. The number of benzene rings is 2. The van der Waals surface area contributed by atoms with Gasteiger partial charge in [0.1, 0.15) is 12.4 Å². The Kier molecular flexibility index (Phi) is 3.70. The van der Waals surface area contributed by atoms with Gasteiger partial charge >= 0.3 is 0 Å². The Labute approximate surface area is 105 Å². The highest BCUT2D eigenvalue weighted by molar-refractivity contribution is 6.34. The molecule has 0 atom stereocenters. The lowest BCUT2D eigenvalue weighted by molar-refractivity contribution is 0.306. The molecule has 1 radical (unpaired) electrons. The van der Waals surface area contributed by atoms with Crippen LogP contribution in [-0.2, 0) is 6.61 Å². The lowest BCUT2D eigenvalue weighted by atomic mass is 10.2. The minimum atomic E-state index is 0.456. The maximum atomic E-state index is 5.95. The topological polar surface area (TPSA) is 9.23 Å². The van der Waals surface area contributed by atoms with Gasteiger partial charge in [-0.3, -0.25) is 0 Å². The molecule has 2 aromatic rings. The third-order valence-corrected chi connectivity index (χ3v) is 2.57. The molecule has 0 aliphatic rings. The van der Waals surface area contributed by atoms with Gasteiger partial charge in [0.05, 0.1) is 10.0 Å². The molecule has 0 aliphatic carbocycles. The number of hydrogen-bond acceptors (Lipinski definition) is 1. The molecule has 0 bridgehead atoms. The second kappa shape index (κ2) is 5.24. The monoisotopic (exact) mass is 251 g/mol. The van der Waals surface area contributed by atoms with Gasteiger partial charge in [-0.2, -0.15) is 0 Å². The Bertz CT molecular complexity index is 469. The number of rotatable bonds is 3. The van der Waals surface area contributed by atoms with E-state index >= 15 is 0 Å². The zero-order valence-corrected chi connectivity index (χ0v) is 9.92. The lowest BCUT2D eigenvalue weighted by Crippen LogP contribution is -1.95. The zero-order chi connectivity index (χ0) is 11.4. The van der Waals surface area contributed by atoms with E-state index < -0.39 is 0 Å². The Morgan fingerprint density at radius 2 is 1.75 bits per heavy atom. The zero-order valence-electron chi connectivity index (χ0n) is 8.41. The number of ether oxygens (including phenoxy) is 1. The third-order valence-electron chi connectivity index (χ3n) is 2.05. The van der Waals surface area contributed by atoms with E-state index in [2.05, 4.69) is 6.07 Å². The minimum Gasteiger partial charge on any atom is -0.487 e. The van der Waals surface area contributed by atoms with Crippen molar-refractivity contribution in [3.05, 3.63) is 64.1 Å². The van der Waals surface area contributed by atoms with Crippen molar-refractivity contribution in [3.63, 3.8) is 0 Å². The van der Waals surface area contributed by atoms with Crippen molar-refractivity contribution in [2.45, 2.75) is 6.61 Å². The van der Waals surface area contributed by atoms with E-state index in [1.807, 2.05) is 30.3 Å². The highest BCUT2D eigenvalue weighted by Crippen LogP contribution is 2.27. The molecule has 0 fully saturated rings. The van der Waals surface area contributed by atoms with E-state index in [1.165, 1.54) is 0 Å². The standard InChI is InChI=1S/C13H9Cl2O/c14-11-6-7-12(15)13(8-11)16-9-10-4-2-1-3-5-10/h1-7H,9H2. The van der Waals surface area contributed by atoms with Crippen LogP contribution in [-0.4, -0.2) is 0 Å². The molecule has 16 heavy (non-hydrogen) atoms. The van der Waals surface area contributed by atoms with E-state index in [9.17, 15) is 0 Å². The van der Waals surface area contributed by atoms with Gasteiger partial charge in [0.15, 0.2) is 0 Å². The average Bonchev–Trinajstić information content (AvgIpc) is 2.32. The van der Waals surface area contributed by atoms with Gasteiger partial charge in [0.2, 0.25) is 0 Å². The molecule has 0 amide bonds. The summed E-state index contributed by atoms with van der Waals surface area (Å²) in [5.74, 6) is 0.484. The van der Waals surface area contributed by atoms with Gasteiger partial charge in [-0.05, 0) is 17.7 Å². The molecular weight excluding hydrogens is 243 g/mol. The molecule has 0 saturated carbocycles. The maximum absolute atomic E-state index is 5.95. The molecule has 0 saturated heterocycles. The first-order chi connectivity index (χ1) is 7.75. The fourth-order valence-electron chi connectivity index (χ4n) is 1.27. The smallest absolute Gasteiger partial charge is 0.147 e. The van der Waals surface area contributed by atoms with Crippen molar-refractivity contribution in [1.82, 2.24) is 0 Å². The van der Waals surface area contributed by atoms with E-state index in [4.69, 9.17) is 27.9 Å². The molecule has 3 heteroatoms. The fraction of sp³-hybridized carbons (Fsp3) is 0.0769. The van der Waals surface area contributed by atoms with Gasteiger partial charge in [-0.25, -0.2) is 0 Å². The first-order valence-electron chi connectivity index (χ1n) is 4.80. The van der Waals surface area contributed by atoms with Crippen LogP contribution >= 0.6 is 23.2 Å². The van der Waals surface area contributed by atoms with Crippen LogP contribution < -0.4 is 4.74 Å². The Balaban J connectivity index is 2.08. The molecule has 1 nitrogen and oxygen atoms in total. The van der Waals surface area contributed by atoms with Crippen LogP contribution in [0.1, 0.15) is 5.56 Å². The van der Waals surface area contributed by atoms with Crippen molar-refractivity contribution in [1.29, 1.82) is 0 Å². The molecular formula is C13H9Cl2O. The van der Waals surface area contributed by atoms with Crippen molar-refractivity contribution >= 4 is 23.2 Å². The van der Waals surface area contributed by atoms with E-state index in [0.29, 0.717) is 22.4 Å². The van der Waals surface area contributed by atoms with Crippen LogP contribution in [0.4, 0.5) is 0 Å². The van der Waals surface area contributed by atoms with Crippen LogP contribution in [0.15, 0.2) is 42.5 Å². The summed E-state index contributed by atoms with van der Waals surface area (Å²) in [4.78, 5) is 0. The molecule has 2 aromatic carbocycles. The first kappa shape index (κ1) is 11.3. The van der Waals surface area contributed by atoms with Gasteiger partial charge in [0.25, 0.3) is 0 Å². The van der Waals surface area contributed by atoms with Crippen LogP contribution in [0.5, 0.6) is 5.75 Å². The van der Waals surface area contributed by atoms with Crippen molar-refractivity contribution < 1.29 is 4.74 Å². The third kappa shape index (κ3) is 2.91. The summed E-state index contributed by atoms with van der Waals surface area (Å²) in [5.41, 5.74) is 1.08. The van der Waals surface area contributed by atoms with E-state index in [1.54, 1.807) is 12.1 Å². The molecule has 0 N–H and O–H groups in total. The predicted molar refractivity (Wildman–Crippen MR) is 66.1 cm³/mol. The van der Waals surface area contributed by atoms with Crippen LogP contribution in [0.25, 0.3) is 0 Å². The van der Waals surface area contributed by atoms with Crippen molar-refractivity contribution in [2.75, 3.05) is 0 Å². The first-order valence-corrected chi connectivity index (χ1v) is 5.55. The minimum absolute atomic E-state index is 0.456. The van der Waals surface area contributed by atoms with Gasteiger partial charge in [-0.15, -0.1) is 0 Å². The molecule has 0 aromatic heterocycles. The van der Waals surface area contributed by atoms with E-state index in [-0.39, 0.29) is 0 Å². The quantitative estimate of drug-likeness (QED) is 0.787. The molecule has 0 unspecified atom stereocenters. The lowest BCUT2D eigenvalue weighted by Gasteiger charge is -2.07. The van der Waals surface area contributed by atoms with E-state index in [0.717, 1.165) is 5.56 Å².